The molecule has 0 bridgehead atoms. The molecule has 0 fully saturated rings. The van der Waals surface area contributed by atoms with Crippen molar-refractivity contribution in [3.05, 3.63) is 34.3 Å². The highest BCUT2D eigenvalue weighted by Gasteiger charge is 2.02. The zero-order valence-electron chi connectivity index (χ0n) is 7.38. The third kappa shape index (κ3) is 2.97. The second-order valence-electron chi connectivity index (χ2n) is 2.68. The molecule has 0 saturated carbocycles. The Morgan fingerprint density at radius 1 is 1.46 bits per heavy atom. The summed E-state index contributed by atoms with van der Waals surface area (Å²) in [6.07, 6.45) is 0. The van der Waals surface area contributed by atoms with Crippen LogP contribution in [0.5, 0.6) is 0 Å². The number of hydrogen-bond acceptors (Lipinski definition) is 3. The van der Waals surface area contributed by atoms with Crippen molar-refractivity contribution in [3.63, 3.8) is 0 Å². The SMILES string of the molecule is COCc1cc(Cl)ccc1CNO. The Kier molecular flexibility index (Phi) is 4.18. The maximum absolute atomic E-state index is 8.56. The molecule has 0 radical (unpaired) electrons. The molecule has 1 aromatic carbocycles. The first-order valence-electron chi connectivity index (χ1n) is 3.91. The van der Waals surface area contributed by atoms with Gasteiger partial charge >= 0.3 is 0 Å². The van der Waals surface area contributed by atoms with Gasteiger partial charge in [-0.15, -0.1) is 0 Å². The first-order valence-corrected chi connectivity index (χ1v) is 4.29. The molecule has 0 heterocycles. The molecular formula is C9H12ClNO2. The summed E-state index contributed by atoms with van der Waals surface area (Å²) in [7, 11) is 1.62. The molecule has 0 aromatic heterocycles. The van der Waals surface area contributed by atoms with Gasteiger partial charge in [-0.25, -0.2) is 5.48 Å². The van der Waals surface area contributed by atoms with E-state index in [1.165, 1.54) is 0 Å². The van der Waals surface area contributed by atoms with Crippen molar-refractivity contribution in [3.8, 4) is 0 Å². The molecule has 1 rings (SSSR count). The number of hydroxylamine groups is 1. The van der Waals surface area contributed by atoms with Crippen LogP contribution in [-0.4, -0.2) is 12.3 Å². The minimum atomic E-state index is 0.399. The largest absolute Gasteiger partial charge is 0.380 e. The average Bonchev–Trinajstić information content (AvgIpc) is 2.10. The van der Waals surface area contributed by atoms with Gasteiger partial charge in [-0.1, -0.05) is 17.7 Å². The zero-order valence-corrected chi connectivity index (χ0v) is 8.14. The van der Waals surface area contributed by atoms with Crippen LogP contribution in [0.2, 0.25) is 5.02 Å². The Hall–Kier alpha value is -0.610. The highest BCUT2D eigenvalue weighted by molar-refractivity contribution is 6.30. The molecule has 72 valence electrons. The Balaban J connectivity index is 2.89. The van der Waals surface area contributed by atoms with E-state index >= 15 is 0 Å². The lowest BCUT2D eigenvalue weighted by molar-refractivity contribution is 0.157. The van der Waals surface area contributed by atoms with Gasteiger partial charge in [-0.3, -0.25) is 0 Å². The summed E-state index contributed by atoms with van der Waals surface area (Å²) in [5.41, 5.74) is 4.07. The summed E-state index contributed by atoms with van der Waals surface area (Å²) in [6.45, 7) is 0.896. The van der Waals surface area contributed by atoms with Crippen LogP contribution in [0.25, 0.3) is 0 Å². The van der Waals surface area contributed by atoms with Crippen LogP contribution in [0.15, 0.2) is 18.2 Å². The van der Waals surface area contributed by atoms with E-state index in [9.17, 15) is 0 Å². The van der Waals surface area contributed by atoms with E-state index in [0.717, 1.165) is 11.1 Å². The van der Waals surface area contributed by atoms with Gasteiger partial charge < -0.3 is 9.94 Å². The molecular weight excluding hydrogens is 190 g/mol. The fourth-order valence-electron chi connectivity index (χ4n) is 1.14. The number of halogens is 1. The maximum Gasteiger partial charge on any atom is 0.0716 e. The summed E-state index contributed by atoms with van der Waals surface area (Å²) in [4.78, 5) is 0. The number of methoxy groups -OCH3 is 1. The molecule has 1 aromatic rings. The monoisotopic (exact) mass is 201 g/mol. The first-order chi connectivity index (χ1) is 6.27. The highest BCUT2D eigenvalue weighted by Crippen LogP contribution is 2.16. The van der Waals surface area contributed by atoms with Gasteiger partial charge in [0.05, 0.1) is 6.61 Å². The Labute approximate surface area is 82.2 Å². The fraction of sp³-hybridized carbons (Fsp3) is 0.333. The lowest BCUT2D eigenvalue weighted by Gasteiger charge is -2.07. The van der Waals surface area contributed by atoms with E-state index in [4.69, 9.17) is 21.5 Å². The smallest absolute Gasteiger partial charge is 0.0716 e. The summed E-state index contributed by atoms with van der Waals surface area (Å²) in [5.74, 6) is 0. The van der Waals surface area contributed by atoms with Crippen molar-refractivity contribution < 1.29 is 9.94 Å². The van der Waals surface area contributed by atoms with Gasteiger partial charge in [0.1, 0.15) is 0 Å². The van der Waals surface area contributed by atoms with Gasteiger partial charge in [0.25, 0.3) is 0 Å². The van der Waals surface area contributed by atoms with Crippen molar-refractivity contribution >= 4 is 11.6 Å². The van der Waals surface area contributed by atoms with Crippen molar-refractivity contribution in [1.29, 1.82) is 0 Å². The molecule has 0 aliphatic rings. The molecule has 2 N–H and O–H groups in total. The Morgan fingerprint density at radius 3 is 2.85 bits per heavy atom. The van der Waals surface area contributed by atoms with Gasteiger partial charge in [0.15, 0.2) is 0 Å². The summed E-state index contributed by atoms with van der Waals surface area (Å²) < 4.78 is 5.00. The normalized spacial score (nSPS) is 10.4. The molecule has 0 atom stereocenters. The molecule has 0 amide bonds. The van der Waals surface area contributed by atoms with E-state index in [-0.39, 0.29) is 0 Å². The number of nitrogens with one attached hydrogen (secondary N) is 1. The van der Waals surface area contributed by atoms with Crippen LogP contribution in [0.1, 0.15) is 11.1 Å². The summed E-state index contributed by atoms with van der Waals surface area (Å²) in [5, 5.41) is 9.23. The second kappa shape index (κ2) is 5.19. The Morgan fingerprint density at radius 2 is 2.23 bits per heavy atom. The molecule has 13 heavy (non-hydrogen) atoms. The molecule has 0 spiro atoms. The third-order valence-corrected chi connectivity index (χ3v) is 1.97. The van der Waals surface area contributed by atoms with Crippen LogP contribution in [0.4, 0.5) is 0 Å². The van der Waals surface area contributed by atoms with E-state index in [1.807, 2.05) is 12.1 Å². The van der Waals surface area contributed by atoms with Crippen LogP contribution in [0, 0.1) is 0 Å². The van der Waals surface area contributed by atoms with E-state index in [0.29, 0.717) is 18.2 Å². The number of hydrogen-bond donors (Lipinski definition) is 2. The molecule has 3 nitrogen and oxygen atoms in total. The van der Waals surface area contributed by atoms with Crippen molar-refractivity contribution in [2.75, 3.05) is 7.11 Å². The van der Waals surface area contributed by atoms with Crippen molar-refractivity contribution in [1.82, 2.24) is 5.48 Å². The second-order valence-corrected chi connectivity index (χ2v) is 3.12. The molecule has 0 saturated heterocycles. The van der Waals surface area contributed by atoms with Gasteiger partial charge in [-0.05, 0) is 23.3 Å². The number of rotatable bonds is 4. The quantitative estimate of drug-likeness (QED) is 0.732. The zero-order chi connectivity index (χ0) is 9.68. The fourth-order valence-corrected chi connectivity index (χ4v) is 1.34. The van der Waals surface area contributed by atoms with Crippen LogP contribution >= 0.6 is 11.6 Å². The summed E-state index contributed by atoms with van der Waals surface area (Å²) >= 11 is 5.81. The predicted octanol–water partition coefficient (Wildman–Crippen LogP) is 1.97. The third-order valence-electron chi connectivity index (χ3n) is 1.74. The molecule has 4 heteroatoms. The molecule has 0 aliphatic carbocycles. The molecule has 0 aliphatic heterocycles. The van der Waals surface area contributed by atoms with Gasteiger partial charge in [0.2, 0.25) is 0 Å². The minimum Gasteiger partial charge on any atom is -0.380 e. The lowest BCUT2D eigenvalue weighted by Crippen LogP contribution is -2.08. The number of ether oxygens (including phenoxy) is 1. The van der Waals surface area contributed by atoms with Gasteiger partial charge in [0, 0.05) is 18.7 Å². The highest BCUT2D eigenvalue weighted by atomic mass is 35.5. The van der Waals surface area contributed by atoms with Crippen molar-refractivity contribution in [2.24, 2.45) is 0 Å². The standard InChI is InChI=1S/C9H12ClNO2/c1-13-6-8-4-9(10)3-2-7(8)5-11-12/h2-4,11-12H,5-6H2,1H3. The van der Waals surface area contributed by atoms with Crippen molar-refractivity contribution in [2.45, 2.75) is 13.2 Å². The Bertz CT molecular complexity index is 278. The first kappa shape index (κ1) is 10.5. The van der Waals surface area contributed by atoms with Crippen LogP contribution in [-0.2, 0) is 17.9 Å². The topological polar surface area (TPSA) is 41.5 Å². The lowest BCUT2D eigenvalue weighted by atomic mass is 10.1. The number of benzene rings is 1. The average molecular weight is 202 g/mol. The summed E-state index contributed by atoms with van der Waals surface area (Å²) in [6, 6.07) is 5.48. The predicted molar refractivity (Wildman–Crippen MR) is 50.8 cm³/mol. The maximum atomic E-state index is 8.56. The minimum absolute atomic E-state index is 0.399. The van der Waals surface area contributed by atoms with Gasteiger partial charge in [-0.2, -0.15) is 0 Å². The van der Waals surface area contributed by atoms with E-state index in [2.05, 4.69) is 5.48 Å². The van der Waals surface area contributed by atoms with Crippen LogP contribution < -0.4 is 5.48 Å². The van der Waals surface area contributed by atoms with E-state index in [1.54, 1.807) is 13.2 Å². The van der Waals surface area contributed by atoms with E-state index < -0.39 is 0 Å². The van der Waals surface area contributed by atoms with Crippen LogP contribution in [0.3, 0.4) is 0 Å². The molecule has 0 unspecified atom stereocenters.